The van der Waals surface area contributed by atoms with E-state index in [1.807, 2.05) is 0 Å². The maximum Gasteiger partial charge on any atom is 0.128 e. The van der Waals surface area contributed by atoms with Crippen molar-refractivity contribution >= 4 is 15.9 Å². The van der Waals surface area contributed by atoms with Crippen LogP contribution in [0.3, 0.4) is 0 Å². The van der Waals surface area contributed by atoms with Gasteiger partial charge in [0.05, 0.1) is 6.04 Å². The minimum atomic E-state index is -0.200. The lowest BCUT2D eigenvalue weighted by Gasteiger charge is -2.19. The Morgan fingerprint density at radius 2 is 2.19 bits per heavy atom. The third-order valence-corrected chi connectivity index (χ3v) is 3.96. The third-order valence-electron chi connectivity index (χ3n) is 3.46. The van der Waals surface area contributed by atoms with Crippen molar-refractivity contribution in [1.82, 2.24) is 5.43 Å². The van der Waals surface area contributed by atoms with Gasteiger partial charge in [-0.2, -0.15) is 0 Å². The van der Waals surface area contributed by atoms with E-state index in [-0.39, 0.29) is 17.3 Å². The summed E-state index contributed by atoms with van der Waals surface area (Å²) in [6, 6.07) is 4.87. The first-order valence-electron chi connectivity index (χ1n) is 5.37. The van der Waals surface area contributed by atoms with Crippen LogP contribution in [0.5, 0.6) is 0 Å². The van der Waals surface area contributed by atoms with Crippen molar-refractivity contribution in [2.24, 2.45) is 17.2 Å². The maximum atomic E-state index is 13.7. The monoisotopic (exact) mass is 286 g/mol. The van der Waals surface area contributed by atoms with Gasteiger partial charge in [-0.15, -0.1) is 0 Å². The van der Waals surface area contributed by atoms with Crippen molar-refractivity contribution in [3.63, 3.8) is 0 Å². The molecule has 0 radical (unpaired) electrons. The molecule has 16 heavy (non-hydrogen) atoms. The van der Waals surface area contributed by atoms with Crippen LogP contribution in [-0.2, 0) is 0 Å². The minimum absolute atomic E-state index is 0.104. The standard InChI is InChI=1S/C12H16BrFN2/c1-12(2)6-9(12)11(16-15)8-5-7(13)3-4-10(8)14/h3-5,9,11,16H,6,15H2,1-2H3. The SMILES string of the molecule is CC1(C)CC1C(NN)c1cc(Br)ccc1F. The molecule has 4 heteroatoms. The highest BCUT2D eigenvalue weighted by Crippen LogP contribution is 2.57. The van der Waals surface area contributed by atoms with E-state index in [1.165, 1.54) is 6.07 Å². The lowest BCUT2D eigenvalue weighted by molar-refractivity contribution is 0.409. The number of halogens is 2. The fourth-order valence-corrected chi connectivity index (χ4v) is 2.63. The number of nitrogens with one attached hydrogen (secondary N) is 1. The quantitative estimate of drug-likeness (QED) is 0.662. The first kappa shape index (κ1) is 12.0. The van der Waals surface area contributed by atoms with Gasteiger partial charge >= 0.3 is 0 Å². The number of hydrazine groups is 1. The molecular weight excluding hydrogens is 271 g/mol. The highest BCUT2D eigenvalue weighted by Gasteiger charge is 2.50. The first-order chi connectivity index (χ1) is 7.45. The number of rotatable bonds is 3. The summed E-state index contributed by atoms with van der Waals surface area (Å²) in [5, 5.41) is 0. The van der Waals surface area contributed by atoms with Crippen molar-refractivity contribution in [2.45, 2.75) is 26.3 Å². The number of benzene rings is 1. The van der Waals surface area contributed by atoms with Gasteiger partial charge in [-0.25, -0.2) is 4.39 Å². The van der Waals surface area contributed by atoms with Crippen LogP contribution >= 0.6 is 15.9 Å². The number of hydrogen-bond donors (Lipinski definition) is 2. The molecule has 0 amide bonds. The summed E-state index contributed by atoms with van der Waals surface area (Å²) in [5.41, 5.74) is 3.64. The lowest BCUT2D eigenvalue weighted by atomic mass is 9.97. The second-order valence-electron chi connectivity index (χ2n) is 5.11. The Labute approximate surface area is 104 Å². The maximum absolute atomic E-state index is 13.7. The van der Waals surface area contributed by atoms with Crippen molar-refractivity contribution < 1.29 is 4.39 Å². The zero-order valence-corrected chi connectivity index (χ0v) is 11.0. The molecule has 3 N–H and O–H groups in total. The second-order valence-corrected chi connectivity index (χ2v) is 6.03. The summed E-state index contributed by atoms with van der Waals surface area (Å²) in [6.45, 7) is 4.36. The summed E-state index contributed by atoms with van der Waals surface area (Å²) in [4.78, 5) is 0. The Morgan fingerprint density at radius 1 is 1.56 bits per heavy atom. The van der Waals surface area contributed by atoms with Gasteiger partial charge in [-0.3, -0.25) is 11.3 Å². The molecule has 1 aliphatic rings. The van der Waals surface area contributed by atoms with Gasteiger partial charge in [0.1, 0.15) is 5.82 Å². The average Bonchev–Trinajstić information content (AvgIpc) is 2.82. The summed E-state index contributed by atoms with van der Waals surface area (Å²) in [5.74, 6) is 5.76. The van der Waals surface area contributed by atoms with E-state index in [1.54, 1.807) is 12.1 Å². The highest BCUT2D eigenvalue weighted by atomic mass is 79.9. The van der Waals surface area contributed by atoms with E-state index >= 15 is 0 Å². The average molecular weight is 287 g/mol. The molecule has 1 aromatic carbocycles. The Balaban J connectivity index is 2.30. The zero-order valence-electron chi connectivity index (χ0n) is 9.43. The topological polar surface area (TPSA) is 38.0 Å². The zero-order chi connectivity index (χ0) is 11.9. The smallest absolute Gasteiger partial charge is 0.128 e. The van der Waals surface area contributed by atoms with Crippen LogP contribution in [0.15, 0.2) is 22.7 Å². The normalized spacial score (nSPS) is 24.2. The van der Waals surface area contributed by atoms with Crippen molar-refractivity contribution in [3.8, 4) is 0 Å². The van der Waals surface area contributed by atoms with Gasteiger partial charge in [0.25, 0.3) is 0 Å². The molecule has 1 aromatic rings. The Bertz CT molecular complexity index is 406. The van der Waals surface area contributed by atoms with Gasteiger partial charge in [0.15, 0.2) is 0 Å². The summed E-state index contributed by atoms with van der Waals surface area (Å²) in [7, 11) is 0. The van der Waals surface area contributed by atoms with Gasteiger partial charge in [0.2, 0.25) is 0 Å². The van der Waals surface area contributed by atoms with Crippen LogP contribution in [0.25, 0.3) is 0 Å². The number of nitrogens with two attached hydrogens (primary N) is 1. The molecule has 2 nitrogen and oxygen atoms in total. The molecule has 0 saturated heterocycles. The molecule has 0 spiro atoms. The summed E-state index contributed by atoms with van der Waals surface area (Å²) in [6.07, 6.45) is 1.08. The van der Waals surface area contributed by atoms with Crippen LogP contribution in [0.2, 0.25) is 0 Å². The van der Waals surface area contributed by atoms with Gasteiger partial charge < -0.3 is 0 Å². The summed E-state index contributed by atoms with van der Waals surface area (Å²) < 4.78 is 14.6. The summed E-state index contributed by atoms with van der Waals surface area (Å²) >= 11 is 3.36. The van der Waals surface area contributed by atoms with Crippen molar-refractivity contribution in [3.05, 3.63) is 34.1 Å². The van der Waals surface area contributed by atoms with Crippen LogP contribution in [0, 0.1) is 17.2 Å². The van der Waals surface area contributed by atoms with Gasteiger partial charge in [-0.1, -0.05) is 29.8 Å². The molecule has 0 aliphatic heterocycles. The van der Waals surface area contributed by atoms with E-state index in [0.29, 0.717) is 11.5 Å². The van der Waals surface area contributed by atoms with E-state index < -0.39 is 0 Å². The van der Waals surface area contributed by atoms with Gasteiger partial charge in [0, 0.05) is 10.0 Å². The number of hydrogen-bond acceptors (Lipinski definition) is 2. The second kappa shape index (κ2) is 4.09. The van der Waals surface area contributed by atoms with Crippen molar-refractivity contribution in [1.29, 1.82) is 0 Å². The Hall–Kier alpha value is -0.450. The Morgan fingerprint density at radius 3 is 2.69 bits per heavy atom. The third kappa shape index (κ3) is 2.14. The molecule has 1 aliphatic carbocycles. The first-order valence-corrected chi connectivity index (χ1v) is 6.16. The molecule has 2 rings (SSSR count). The molecular formula is C12H16BrFN2. The van der Waals surface area contributed by atoms with Crippen molar-refractivity contribution in [2.75, 3.05) is 0 Å². The molecule has 1 fully saturated rings. The van der Waals surface area contributed by atoms with Gasteiger partial charge in [-0.05, 0) is 36.0 Å². The fraction of sp³-hybridized carbons (Fsp3) is 0.500. The highest BCUT2D eigenvalue weighted by molar-refractivity contribution is 9.10. The molecule has 1 saturated carbocycles. The fourth-order valence-electron chi connectivity index (χ4n) is 2.25. The molecule has 88 valence electrons. The van der Waals surface area contributed by atoms with Crippen LogP contribution < -0.4 is 11.3 Å². The van der Waals surface area contributed by atoms with Crippen LogP contribution in [-0.4, -0.2) is 0 Å². The molecule has 0 aromatic heterocycles. The minimum Gasteiger partial charge on any atom is -0.271 e. The molecule has 2 unspecified atom stereocenters. The molecule has 0 heterocycles. The van der Waals surface area contributed by atoms with E-state index in [2.05, 4.69) is 35.2 Å². The predicted molar refractivity (Wildman–Crippen MR) is 66.1 cm³/mol. The predicted octanol–water partition coefficient (Wildman–Crippen LogP) is 3.14. The van der Waals surface area contributed by atoms with E-state index in [4.69, 9.17) is 5.84 Å². The Kier molecular flexibility index (Phi) is 3.07. The lowest BCUT2D eigenvalue weighted by Crippen LogP contribution is -2.31. The van der Waals surface area contributed by atoms with E-state index in [0.717, 1.165) is 10.9 Å². The van der Waals surface area contributed by atoms with E-state index in [9.17, 15) is 4.39 Å². The van der Waals surface area contributed by atoms with Crippen LogP contribution in [0.1, 0.15) is 31.9 Å². The van der Waals surface area contributed by atoms with Crippen LogP contribution in [0.4, 0.5) is 4.39 Å². The molecule has 2 atom stereocenters. The molecule has 0 bridgehead atoms. The largest absolute Gasteiger partial charge is 0.271 e.